The minimum Gasteiger partial charge on any atom is -0.506 e. The van der Waals surface area contributed by atoms with Gasteiger partial charge in [0.2, 0.25) is 0 Å². The first-order valence-electron chi connectivity index (χ1n) is 10.1. The Morgan fingerprint density at radius 3 is 2.55 bits per heavy atom. The Hall–Kier alpha value is -4.27. The molecule has 4 rings (SSSR count). The molecule has 33 heavy (non-hydrogen) atoms. The lowest BCUT2D eigenvalue weighted by atomic mass is 10.0. The zero-order valence-corrected chi connectivity index (χ0v) is 18.2. The summed E-state index contributed by atoms with van der Waals surface area (Å²) in [5, 5.41) is 15.6. The number of phenolic OH excluding ortho intramolecular Hbond substituents is 1. The van der Waals surface area contributed by atoms with Crippen LogP contribution in [0.2, 0.25) is 5.02 Å². The van der Waals surface area contributed by atoms with Crippen molar-refractivity contribution in [2.24, 2.45) is 5.10 Å². The molecule has 6 heteroatoms. The number of nitrogens with zero attached hydrogens (tertiary/aromatic N) is 1. The third-order valence-electron chi connectivity index (χ3n) is 4.81. The number of nitrogens with one attached hydrogen (secondary N) is 1. The number of hydrogen-bond acceptors (Lipinski definition) is 4. The van der Waals surface area contributed by atoms with E-state index in [1.807, 2.05) is 66.7 Å². The van der Waals surface area contributed by atoms with Crippen LogP contribution < -0.4 is 10.2 Å². The second-order valence-corrected chi connectivity index (χ2v) is 7.42. The Bertz CT molecular complexity index is 1390. The van der Waals surface area contributed by atoms with Gasteiger partial charge in [-0.1, -0.05) is 72.0 Å². The molecule has 0 bridgehead atoms. The SMILES string of the molecule is O=C(N/N=C/c1ccc(C#CCOc2ccccc2)c2ccccc12)c1ccc(O)c(Cl)c1. The summed E-state index contributed by atoms with van der Waals surface area (Å²) in [5.41, 5.74) is 4.48. The van der Waals surface area contributed by atoms with Gasteiger partial charge < -0.3 is 9.84 Å². The van der Waals surface area contributed by atoms with Crippen molar-refractivity contribution in [3.63, 3.8) is 0 Å². The van der Waals surface area contributed by atoms with Gasteiger partial charge in [-0.25, -0.2) is 5.43 Å². The molecule has 0 unspecified atom stereocenters. The molecule has 0 aliphatic heterocycles. The van der Waals surface area contributed by atoms with Gasteiger partial charge in [0.1, 0.15) is 18.1 Å². The maximum absolute atomic E-state index is 12.3. The molecule has 2 N–H and O–H groups in total. The van der Waals surface area contributed by atoms with Crippen LogP contribution in [-0.4, -0.2) is 23.8 Å². The summed E-state index contributed by atoms with van der Waals surface area (Å²) in [4.78, 5) is 12.3. The van der Waals surface area contributed by atoms with Crippen LogP contribution in [0.5, 0.6) is 11.5 Å². The molecular weight excluding hydrogens is 436 g/mol. The zero-order chi connectivity index (χ0) is 23.0. The fourth-order valence-corrected chi connectivity index (χ4v) is 3.37. The van der Waals surface area contributed by atoms with Crippen LogP contribution >= 0.6 is 11.6 Å². The number of carbonyl (C=O) groups is 1. The van der Waals surface area contributed by atoms with Gasteiger partial charge in [-0.15, -0.1) is 0 Å². The maximum atomic E-state index is 12.3. The average Bonchev–Trinajstić information content (AvgIpc) is 2.85. The summed E-state index contributed by atoms with van der Waals surface area (Å²) in [6.45, 7) is 0.287. The van der Waals surface area contributed by atoms with E-state index in [1.54, 1.807) is 6.21 Å². The molecule has 0 radical (unpaired) electrons. The number of benzene rings is 4. The van der Waals surface area contributed by atoms with Gasteiger partial charge in [-0.3, -0.25) is 4.79 Å². The van der Waals surface area contributed by atoms with E-state index in [0.717, 1.165) is 27.6 Å². The monoisotopic (exact) mass is 454 g/mol. The van der Waals surface area contributed by atoms with Crippen molar-refractivity contribution < 1.29 is 14.6 Å². The summed E-state index contributed by atoms with van der Waals surface area (Å²) in [7, 11) is 0. The fourth-order valence-electron chi connectivity index (χ4n) is 3.18. The number of hydrazone groups is 1. The predicted octanol–water partition coefficient (Wildman–Crippen LogP) is 5.39. The summed E-state index contributed by atoms with van der Waals surface area (Å²) in [6.07, 6.45) is 1.58. The van der Waals surface area contributed by atoms with Gasteiger partial charge in [-0.2, -0.15) is 5.10 Å². The quantitative estimate of drug-likeness (QED) is 0.241. The van der Waals surface area contributed by atoms with E-state index in [2.05, 4.69) is 22.4 Å². The molecule has 0 aliphatic carbocycles. The van der Waals surface area contributed by atoms with E-state index in [4.69, 9.17) is 16.3 Å². The van der Waals surface area contributed by atoms with Crippen molar-refractivity contribution in [1.82, 2.24) is 5.43 Å². The third kappa shape index (κ3) is 5.51. The Kier molecular flexibility index (Phi) is 6.89. The van der Waals surface area contributed by atoms with Gasteiger partial charge >= 0.3 is 0 Å². The van der Waals surface area contributed by atoms with Gasteiger partial charge in [0.25, 0.3) is 5.91 Å². The van der Waals surface area contributed by atoms with Crippen molar-refractivity contribution in [3.05, 3.63) is 107 Å². The molecule has 0 atom stereocenters. The van der Waals surface area contributed by atoms with Gasteiger partial charge in [0.15, 0.2) is 0 Å². The van der Waals surface area contributed by atoms with Crippen molar-refractivity contribution in [2.75, 3.05) is 6.61 Å². The highest BCUT2D eigenvalue weighted by atomic mass is 35.5. The molecule has 1 amide bonds. The van der Waals surface area contributed by atoms with E-state index in [-0.39, 0.29) is 17.4 Å². The van der Waals surface area contributed by atoms with Crippen molar-refractivity contribution in [3.8, 4) is 23.3 Å². The zero-order valence-electron chi connectivity index (χ0n) is 17.5. The van der Waals surface area contributed by atoms with Crippen LogP contribution in [0.25, 0.3) is 10.8 Å². The largest absolute Gasteiger partial charge is 0.506 e. The first-order chi connectivity index (χ1) is 16.1. The van der Waals surface area contributed by atoms with E-state index in [9.17, 15) is 9.90 Å². The number of ether oxygens (including phenoxy) is 1. The standard InChI is InChI=1S/C27H19ClN2O3/c28-25-17-20(14-15-26(25)31)27(32)30-29-18-21-13-12-19(23-10-4-5-11-24(21)23)7-6-16-33-22-8-2-1-3-9-22/h1-5,8-15,17-18,31H,16H2,(H,30,32)/b29-18+. The molecule has 162 valence electrons. The molecule has 4 aromatic carbocycles. The van der Waals surface area contributed by atoms with Crippen LogP contribution in [0.15, 0.2) is 90.0 Å². The summed E-state index contributed by atoms with van der Waals surface area (Å²) in [6, 6.07) is 25.4. The summed E-state index contributed by atoms with van der Waals surface area (Å²) < 4.78 is 5.63. The molecule has 0 saturated carbocycles. The highest BCUT2D eigenvalue weighted by Gasteiger charge is 2.08. The van der Waals surface area contributed by atoms with Gasteiger partial charge in [0.05, 0.1) is 11.2 Å². The lowest BCUT2D eigenvalue weighted by molar-refractivity contribution is 0.0955. The number of hydrogen-bond donors (Lipinski definition) is 2. The first kappa shape index (κ1) is 21.9. The second-order valence-electron chi connectivity index (χ2n) is 7.02. The third-order valence-corrected chi connectivity index (χ3v) is 5.12. The number of phenols is 1. The minimum absolute atomic E-state index is 0.0852. The average molecular weight is 455 g/mol. The molecule has 0 heterocycles. The normalized spacial score (nSPS) is 10.6. The number of carbonyl (C=O) groups excluding carboxylic acids is 1. The number of fused-ring (bicyclic) bond motifs is 1. The minimum atomic E-state index is -0.432. The maximum Gasteiger partial charge on any atom is 0.271 e. The molecule has 0 spiro atoms. The van der Waals surface area contributed by atoms with E-state index in [0.29, 0.717) is 5.56 Å². The molecule has 5 nitrogen and oxygen atoms in total. The van der Waals surface area contributed by atoms with Gasteiger partial charge in [-0.05, 0) is 47.2 Å². The van der Waals surface area contributed by atoms with Crippen LogP contribution in [-0.2, 0) is 0 Å². The van der Waals surface area contributed by atoms with E-state index < -0.39 is 5.91 Å². The first-order valence-corrected chi connectivity index (χ1v) is 10.5. The van der Waals surface area contributed by atoms with Crippen molar-refractivity contribution in [1.29, 1.82) is 0 Å². The summed E-state index contributed by atoms with van der Waals surface area (Å²) in [5.74, 6) is 6.48. The molecule has 0 aliphatic rings. The molecular formula is C27H19ClN2O3. The van der Waals surface area contributed by atoms with Crippen molar-refractivity contribution >= 4 is 34.5 Å². The number of rotatable bonds is 5. The Balaban J connectivity index is 1.48. The topological polar surface area (TPSA) is 70.9 Å². The molecule has 0 fully saturated rings. The van der Waals surface area contributed by atoms with Gasteiger partial charge in [0, 0.05) is 16.7 Å². The second kappa shape index (κ2) is 10.4. The fraction of sp³-hybridized carbons (Fsp3) is 0.0370. The predicted molar refractivity (Wildman–Crippen MR) is 131 cm³/mol. The Morgan fingerprint density at radius 1 is 1.00 bits per heavy atom. The number of amides is 1. The van der Waals surface area contributed by atoms with Crippen LogP contribution in [0.1, 0.15) is 21.5 Å². The smallest absolute Gasteiger partial charge is 0.271 e. The van der Waals surface area contributed by atoms with Crippen molar-refractivity contribution in [2.45, 2.75) is 0 Å². The number of halogens is 1. The molecule has 0 saturated heterocycles. The van der Waals surface area contributed by atoms with E-state index >= 15 is 0 Å². The number of aromatic hydroxyl groups is 1. The van der Waals surface area contributed by atoms with Crippen LogP contribution in [0.3, 0.4) is 0 Å². The lowest BCUT2D eigenvalue weighted by Crippen LogP contribution is -2.17. The lowest BCUT2D eigenvalue weighted by Gasteiger charge is -2.05. The summed E-state index contributed by atoms with van der Waals surface area (Å²) >= 11 is 5.86. The Labute approximate surface area is 196 Å². The van der Waals surface area contributed by atoms with Crippen LogP contribution in [0, 0.1) is 11.8 Å². The highest BCUT2D eigenvalue weighted by Crippen LogP contribution is 2.24. The number of para-hydroxylation sites is 1. The molecule has 4 aromatic rings. The Morgan fingerprint density at radius 2 is 1.76 bits per heavy atom. The van der Waals surface area contributed by atoms with E-state index in [1.165, 1.54) is 18.2 Å². The van der Waals surface area contributed by atoms with Crippen LogP contribution in [0.4, 0.5) is 0 Å². The molecule has 0 aromatic heterocycles. The highest BCUT2D eigenvalue weighted by molar-refractivity contribution is 6.32.